The molecule has 0 aliphatic rings. The summed E-state index contributed by atoms with van der Waals surface area (Å²) in [6.07, 6.45) is 8.65. The van der Waals surface area contributed by atoms with Crippen LogP contribution in [0.15, 0.2) is 24.5 Å². The van der Waals surface area contributed by atoms with Crippen LogP contribution in [0.4, 0.5) is 0 Å². The molecule has 0 spiro atoms. The van der Waals surface area contributed by atoms with Gasteiger partial charge in [-0.3, -0.25) is 4.68 Å². The third kappa shape index (κ3) is 3.87. The third-order valence-electron chi connectivity index (χ3n) is 1.68. The van der Waals surface area contributed by atoms with Crippen molar-refractivity contribution in [1.82, 2.24) is 9.78 Å². The summed E-state index contributed by atoms with van der Waals surface area (Å²) in [5, 5.41) is 4.16. The second-order valence-electron chi connectivity index (χ2n) is 2.90. The summed E-state index contributed by atoms with van der Waals surface area (Å²) in [6, 6.07) is 0. The third-order valence-corrected chi connectivity index (χ3v) is 1.89. The fraction of sp³-hybridized carbons (Fsp3) is 0.500. The Bertz CT molecular complexity index is 283. The molecule has 0 saturated heterocycles. The van der Waals surface area contributed by atoms with Crippen molar-refractivity contribution in [3.8, 4) is 5.75 Å². The molecule has 1 aromatic heterocycles. The lowest BCUT2D eigenvalue weighted by molar-refractivity contribution is 0.362. The Labute approximate surface area is 90.2 Å². The number of hydrogen-bond donors (Lipinski definition) is 1. The molecule has 0 aliphatic carbocycles. The Hall–Kier alpha value is -0.900. The predicted molar refractivity (Wildman–Crippen MR) is 61.0 cm³/mol. The first-order valence-corrected chi connectivity index (χ1v) is 5.41. The van der Waals surface area contributed by atoms with Crippen molar-refractivity contribution in [3.63, 3.8) is 0 Å². The van der Waals surface area contributed by atoms with E-state index in [1.54, 1.807) is 6.20 Å². The number of thiol groups is 1. The van der Waals surface area contributed by atoms with Crippen molar-refractivity contribution in [2.75, 3.05) is 12.4 Å². The molecule has 0 aliphatic heterocycles. The Morgan fingerprint density at radius 2 is 2.43 bits per heavy atom. The van der Waals surface area contributed by atoms with Gasteiger partial charge in [-0.1, -0.05) is 19.1 Å². The van der Waals surface area contributed by atoms with Crippen LogP contribution < -0.4 is 4.74 Å². The van der Waals surface area contributed by atoms with E-state index in [9.17, 15) is 0 Å². The lowest BCUT2D eigenvalue weighted by atomic mass is 10.5. The van der Waals surface area contributed by atoms with E-state index in [2.05, 4.69) is 24.7 Å². The lowest BCUT2D eigenvalue weighted by Gasteiger charge is -1.97. The van der Waals surface area contributed by atoms with Crippen LogP contribution in [0.2, 0.25) is 0 Å². The molecule has 1 aromatic rings. The average molecular weight is 212 g/mol. The van der Waals surface area contributed by atoms with Crippen molar-refractivity contribution in [1.29, 1.82) is 0 Å². The van der Waals surface area contributed by atoms with Crippen LogP contribution in [0.1, 0.15) is 13.3 Å². The number of nitrogens with zero attached hydrogens (tertiary/aromatic N) is 2. The van der Waals surface area contributed by atoms with Gasteiger partial charge in [0, 0.05) is 12.3 Å². The van der Waals surface area contributed by atoms with Gasteiger partial charge in [0.05, 0.1) is 12.4 Å². The zero-order valence-electron chi connectivity index (χ0n) is 8.39. The van der Waals surface area contributed by atoms with Gasteiger partial charge in [0.1, 0.15) is 6.61 Å². The fourth-order valence-electron chi connectivity index (χ4n) is 1.06. The van der Waals surface area contributed by atoms with Crippen molar-refractivity contribution in [2.24, 2.45) is 0 Å². The first-order valence-electron chi connectivity index (χ1n) is 4.78. The monoisotopic (exact) mass is 212 g/mol. The number of aryl methyl sites for hydroxylation is 1. The second kappa shape index (κ2) is 6.54. The van der Waals surface area contributed by atoms with Crippen LogP contribution >= 0.6 is 12.6 Å². The van der Waals surface area contributed by atoms with E-state index in [0.29, 0.717) is 6.61 Å². The highest BCUT2D eigenvalue weighted by molar-refractivity contribution is 7.80. The summed E-state index contributed by atoms with van der Waals surface area (Å²) in [6.45, 7) is 3.64. The maximum absolute atomic E-state index is 5.43. The summed E-state index contributed by atoms with van der Waals surface area (Å²) in [4.78, 5) is 0. The minimum Gasteiger partial charge on any atom is -0.486 e. The molecular formula is C10H16N2OS. The van der Waals surface area contributed by atoms with Crippen LogP contribution in [0.25, 0.3) is 0 Å². The molecule has 78 valence electrons. The highest BCUT2D eigenvalue weighted by atomic mass is 32.1. The summed E-state index contributed by atoms with van der Waals surface area (Å²) in [5.41, 5.74) is 0. The SMILES string of the molecule is CCCn1cc(OC/C=C/CS)cn1. The molecule has 0 saturated carbocycles. The highest BCUT2D eigenvalue weighted by Crippen LogP contribution is 2.08. The van der Waals surface area contributed by atoms with Gasteiger partial charge in [-0.2, -0.15) is 17.7 Å². The molecule has 0 radical (unpaired) electrons. The maximum Gasteiger partial charge on any atom is 0.157 e. The normalized spacial score (nSPS) is 11.0. The van der Waals surface area contributed by atoms with Gasteiger partial charge in [-0.25, -0.2) is 0 Å². The molecule has 0 aromatic carbocycles. The molecule has 0 N–H and O–H groups in total. The fourth-order valence-corrected chi connectivity index (χ4v) is 1.21. The molecule has 1 heterocycles. The standard InChI is InChI=1S/C10H16N2OS/c1-2-5-12-9-10(8-11-12)13-6-3-4-7-14/h3-4,8-9,14H,2,5-7H2,1H3/b4-3+. The number of aromatic nitrogens is 2. The van der Waals surface area contributed by atoms with Crippen LogP contribution in [-0.4, -0.2) is 22.1 Å². The van der Waals surface area contributed by atoms with Gasteiger partial charge in [0.25, 0.3) is 0 Å². The topological polar surface area (TPSA) is 27.1 Å². The van der Waals surface area contributed by atoms with E-state index in [0.717, 1.165) is 24.5 Å². The van der Waals surface area contributed by atoms with Crippen molar-refractivity contribution >= 4 is 12.6 Å². The van der Waals surface area contributed by atoms with Gasteiger partial charge in [0.2, 0.25) is 0 Å². The van der Waals surface area contributed by atoms with Gasteiger partial charge in [0.15, 0.2) is 5.75 Å². The minimum atomic E-state index is 0.582. The van der Waals surface area contributed by atoms with E-state index in [4.69, 9.17) is 4.74 Å². The highest BCUT2D eigenvalue weighted by Gasteiger charge is 1.96. The van der Waals surface area contributed by atoms with E-state index in [1.807, 2.05) is 23.0 Å². The molecule has 1 rings (SSSR count). The van der Waals surface area contributed by atoms with E-state index < -0.39 is 0 Å². The van der Waals surface area contributed by atoms with Crippen molar-refractivity contribution < 1.29 is 4.74 Å². The Kier molecular flexibility index (Phi) is 5.22. The summed E-state index contributed by atoms with van der Waals surface area (Å²) in [7, 11) is 0. The molecule has 0 unspecified atom stereocenters. The van der Waals surface area contributed by atoms with Crippen LogP contribution in [0.5, 0.6) is 5.75 Å². The first-order chi connectivity index (χ1) is 6.86. The molecular weight excluding hydrogens is 196 g/mol. The molecule has 0 amide bonds. The first kappa shape index (κ1) is 11.2. The Morgan fingerprint density at radius 1 is 1.57 bits per heavy atom. The van der Waals surface area contributed by atoms with Gasteiger partial charge in [-0.15, -0.1) is 0 Å². The Balaban J connectivity index is 2.32. The van der Waals surface area contributed by atoms with Gasteiger partial charge >= 0.3 is 0 Å². The zero-order valence-corrected chi connectivity index (χ0v) is 9.28. The van der Waals surface area contributed by atoms with E-state index >= 15 is 0 Å². The smallest absolute Gasteiger partial charge is 0.157 e. The molecule has 0 fully saturated rings. The van der Waals surface area contributed by atoms with Gasteiger partial charge < -0.3 is 4.74 Å². The molecule has 4 heteroatoms. The number of hydrogen-bond acceptors (Lipinski definition) is 3. The molecule has 0 atom stereocenters. The van der Waals surface area contributed by atoms with Crippen molar-refractivity contribution in [3.05, 3.63) is 24.5 Å². The van der Waals surface area contributed by atoms with E-state index in [-0.39, 0.29) is 0 Å². The maximum atomic E-state index is 5.43. The van der Waals surface area contributed by atoms with Gasteiger partial charge in [-0.05, 0) is 6.42 Å². The predicted octanol–water partition coefficient (Wildman–Crippen LogP) is 2.16. The zero-order chi connectivity index (χ0) is 10.2. The molecule has 0 bridgehead atoms. The summed E-state index contributed by atoms with van der Waals surface area (Å²) >= 11 is 4.05. The van der Waals surface area contributed by atoms with Crippen molar-refractivity contribution in [2.45, 2.75) is 19.9 Å². The minimum absolute atomic E-state index is 0.582. The number of rotatable bonds is 6. The Morgan fingerprint density at radius 3 is 3.14 bits per heavy atom. The number of ether oxygens (including phenoxy) is 1. The quantitative estimate of drug-likeness (QED) is 0.578. The largest absolute Gasteiger partial charge is 0.486 e. The van der Waals surface area contributed by atoms with Crippen LogP contribution in [0.3, 0.4) is 0 Å². The average Bonchev–Trinajstić information content (AvgIpc) is 2.61. The second-order valence-corrected chi connectivity index (χ2v) is 3.27. The lowest BCUT2D eigenvalue weighted by Crippen LogP contribution is -1.96. The van der Waals surface area contributed by atoms with Crippen LogP contribution in [0, 0.1) is 0 Å². The summed E-state index contributed by atoms with van der Waals surface area (Å²) < 4.78 is 7.32. The molecule has 14 heavy (non-hydrogen) atoms. The molecule has 3 nitrogen and oxygen atoms in total. The van der Waals surface area contributed by atoms with Crippen LogP contribution in [-0.2, 0) is 6.54 Å². The summed E-state index contributed by atoms with van der Waals surface area (Å²) in [5.74, 6) is 1.57. The van der Waals surface area contributed by atoms with E-state index in [1.165, 1.54) is 0 Å².